The number of hydrazone groups is 1. The van der Waals surface area contributed by atoms with E-state index in [1.165, 1.54) is 5.56 Å². The Labute approximate surface area is 222 Å². The van der Waals surface area contributed by atoms with Crippen LogP contribution in [-0.4, -0.2) is 46.7 Å². The van der Waals surface area contributed by atoms with Gasteiger partial charge in [-0.2, -0.15) is 5.10 Å². The number of benzene rings is 2. The Morgan fingerprint density at radius 1 is 1.19 bits per heavy atom. The molecule has 2 atom stereocenters. The van der Waals surface area contributed by atoms with Gasteiger partial charge in [-0.15, -0.1) is 0 Å². The highest BCUT2D eigenvalue weighted by atomic mass is 35.5. The minimum atomic E-state index is -0.136. The molecule has 1 amide bonds. The Morgan fingerprint density at radius 2 is 2.03 bits per heavy atom. The number of carbonyl (C=O) groups is 1. The number of fused-ring (bicyclic) bond motifs is 3. The molecule has 1 aliphatic carbocycles. The van der Waals surface area contributed by atoms with E-state index in [0.29, 0.717) is 12.5 Å². The minimum Gasteiger partial charge on any atom is -0.494 e. The first-order valence-electron chi connectivity index (χ1n) is 13.4. The van der Waals surface area contributed by atoms with Crippen molar-refractivity contribution in [3.63, 3.8) is 0 Å². The molecule has 0 spiro atoms. The topological polar surface area (TPSA) is 60.9 Å². The lowest BCUT2D eigenvalue weighted by molar-refractivity contribution is -0.140. The van der Waals surface area contributed by atoms with E-state index >= 15 is 0 Å². The van der Waals surface area contributed by atoms with Gasteiger partial charge >= 0.3 is 0 Å². The van der Waals surface area contributed by atoms with Gasteiger partial charge in [0.05, 0.1) is 12.6 Å². The van der Waals surface area contributed by atoms with Crippen molar-refractivity contribution in [1.82, 2.24) is 14.9 Å². The van der Waals surface area contributed by atoms with Gasteiger partial charge in [0.15, 0.2) is 0 Å². The summed E-state index contributed by atoms with van der Waals surface area (Å²) in [7, 11) is 0. The smallest absolute Gasteiger partial charge is 0.226 e. The van der Waals surface area contributed by atoms with Gasteiger partial charge in [-0.05, 0) is 60.7 Å². The van der Waals surface area contributed by atoms with Gasteiger partial charge < -0.3 is 14.6 Å². The van der Waals surface area contributed by atoms with E-state index in [2.05, 4.69) is 40.1 Å². The van der Waals surface area contributed by atoms with Crippen LogP contribution in [0.4, 0.5) is 0 Å². The Bertz CT molecular complexity index is 1330. The second-order valence-electron chi connectivity index (χ2n) is 10.4. The third kappa shape index (κ3) is 4.87. The maximum Gasteiger partial charge on any atom is 0.226 e. The zero-order chi connectivity index (χ0) is 25.4. The molecule has 1 N–H and O–H groups in total. The minimum absolute atomic E-state index is 0.136. The third-order valence-corrected chi connectivity index (χ3v) is 8.07. The van der Waals surface area contributed by atoms with E-state index in [4.69, 9.17) is 16.3 Å². The fourth-order valence-electron chi connectivity index (χ4n) is 5.54. The SMILES string of the molecule is CC1C=CN(CCCOc2ccc(C3c4[nH]c5ccc(Cl)cc5c4CCN3C(=O)C3CCC3)cc2)N=C1. The van der Waals surface area contributed by atoms with Crippen LogP contribution in [0.15, 0.2) is 59.8 Å². The Balaban J connectivity index is 1.20. The lowest BCUT2D eigenvalue weighted by Gasteiger charge is -2.40. The normalized spacial score (nSPS) is 21.2. The average Bonchev–Trinajstić information content (AvgIpc) is 3.24. The first-order chi connectivity index (χ1) is 18.1. The van der Waals surface area contributed by atoms with Crippen molar-refractivity contribution < 1.29 is 9.53 Å². The lowest BCUT2D eigenvalue weighted by atomic mass is 9.82. The van der Waals surface area contributed by atoms with Gasteiger partial charge in [0.1, 0.15) is 5.75 Å². The van der Waals surface area contributed by atoms with Crippen LogP contribution in [0.3, 0.4) is 0 Å². The standard InChI is InChI=1S/C30H33ClN4O2/c1-20-12-15-34(32-19-20)14-3-17-37-24-9-6-21(7-10-24)29-28-25(26-18-23(31)8-11-27(26)33-28)13-16-35(29)30(36)22-4-2-5-22/h6-12,15,18-20,22,29,33H,2-5,13-14,16-17H2,1H3. The third-order valence-electron chi connectivity index (χ3n) is 7.83. The summed E-state index contributed by atoms with van der Waals surface area (Å²) in [5.41, 5.74) is 4.54. The van der Waals surface area contributed by atoms with Gasteiger partial charge in [0, 0.05) is 65.4 Å². The molecule has 6 nitrogen and oxygen atoms in total. The van der Waals surface area contributed by atoms with Crippen LogP contribution in [0.1, 0.15) is 55.5 Å². The quantitative estimate of drug-likeness (QED) is 0.374. The maximum atomic E-state index is 13.5. The highest BCUT2D eigenvalue weighted by molar-refractivity contribution is 6.31. The summed E-state index contributed by atoms with van der Waals surface area (Å²) in [6.45, 7) is 4.29. The van der Waals surface area contributed by atoms with Gasteiger partial charge in [-0.25, -0.2) is 0 Å². The van der Waals surface area contributed by atoms with Crippen LogP contribution in [0.5, 0.6) is 5.75 Å². The fourth-order valence-corrected chi connectivity index (χ4v) is 5.72. The summed E-state index contributed by atoms with van der Waals surface area (Å²) in [6, 6.07) is 14.1. The summed E-state index contributed by atoms with van der Waals surface area (Å²) in [5, 5.41) is 8.27. The second kappa shape index (κ2) is 10.3. The molecular weight excluding hydrogens is 484 g/mol. The Hall–Kier alpha value is -3.25. The zero-order valence-electron chi connectivity index (χ0n) is 21.2. The molecule has 3 heterocycles. The van der Waals surface area contributed by atoms with Crippen molar-refractivity contribution in [3.8, 4) is 5.75 Å². The molecule has 2 unspecified atom stereocenters. The molecule has 1 saturated carbocycles. The lowest BCUT2D eigenvalue weighted by Crippen LogP contribution is -2.45. The van der Waals surface area contributed by atoms with E-state index in [1.54, 1.807) is 0 Å². The molecule has 7 heteroatoms. The number of aromatic nitrogens is 1. The number of hydrogen-bond donors (Lipinski definition) is 1. The molecule has 2 aromatic carbocycles. The fraction of sp³-hybridized carbons (Fsp3) is 0.400. The summed E-state index contributed by atoms with van der Waals surface area (Å²) < 4.78 is 6.02. The molecule has 3 aromatic rings. The number of carbonyl (C=O) groups excluding carboxylic acids is 1. The predicted octanol–water partition coefficient (Wildman–Crippen LogP) is 6.32. The van der Waals surface area contributed by atoms with Gasteiger partial charge in [0.2, 0.25) is 5.91 Å². The molecule has 6 rings (SSSR count). The van der Waals surface area contributed by atoms with E-state index in [9.17, 15) is 4.79 Å². The van der Waals surface area contributed by atoms with Crippen molar-refractivity contribution in [2.24, 2.45) is 16.9 Å². The zero-order valence-corrected chi connectivity index (χ0v) is 22.0. The van der Waals surface area contributed by atoms with Gasteiger partial charge in [0.25, 0.3) is 0 Å². The first-order valence-corrected chi connectivity index (χ1v) is 13.8. The highest BCUT2D eigenvalue weighted by Crippen LogP contribution is 2.41. The summed E-state index contributed by atoms with van der Waals surface area (Å²) in [6.07, 6.45) is 11.0. The van der Waals surface area contributed by atoms with Crippen molar-refractivity contribution in [2.75, 3.05) is 19.7 Å². The predicted molar refractivity (Wildman–Crippen MR) is 148 cm³/mol. The van der Waals surface area contributed by atoms with Crippen molar-refractivity contribution in [3.05, 3.63) is 76.6 Å². The Morgan fingerprint density at radius 3 is 2.76 bits per heavy atom. The van der Waals surface area contributed by atoms with E-state index in [1.807, 2.05) is 47.8 Å². The van der Waals surface area contributed by atoms with Crippen LogP contribution < -0.4 is 4.74 Å². The average molecular weight is 517 g/mol. The number of hydrogen-bond acceptors (Lipinski definition) is 4. The molecule has 192 valence electrons. The maximum absolute atomic E-state index is 13.5. The number of allylic oxidation sites excluding steroid dienone is 1. The van der Waals surface area contributed by atoms with Crippen molar-refractivity contribution >= 4 is 34.6 Å². The summed E-state index contributed by atoms with van der Waals surface area (Å²) in [4.78, 5) is 19.2. The number of nitrogens with zero attached hydrogens (tertiary/aromatic N) is 3. The molecule has 1 aromatic heterocycles. The van der Waals surface area contributed by atoms with Crippen LogP contribution in [0.25, 0.3) is 10.9 Å². The van der Waals surface area contributed by atoms with Crippen molar-refractivity contribution in [1.29, 1.82) is 0 Å². The second-order valence-corrected chi connectivity index (χ2v) is 10.9. The van der Waals surface area contributed by atoms with Crippen LogP contribution >= 0.6 is 11.6 Å². The summed E-state index contributed by atoms with van der Waals surface area (Å²) in [5.74, 6) is 1.68. The molecule has 3 aliphatic rings. The number of H-pyrrole nitrogens is 1. The summed E-state index contributed by atoms with van der Waals surface area (Å²) >= 11 is 6.33. The van der Waals surface area contributed by atoms with E-state index in [-0.39, 0.29) is 17.9 Å². The van der Waals surface area contributed by atoms with Crippen LogP contribution in [0, 0.1) is 11.8 Å². The monoisotopic (exact) mass is 516 g/mol. The number of rotatable bonds is 7. The molecular formula is C30H33ClN4O2. The number of amides is 1. The highest BCUT2D eigenvalue weighted by Gasteiger charge is 2.38. The van der Waals surface area contributed by atoms with E-state index in [0.717, 1.165) is 78.1 Å². The number of halogens is 1. The molecule has 37 heavy (non-hydrogen) atoms. The molecule has 0 bridgehead atoms. The number of aromatic amines is 1. The molecule has 0 radical (unpaired) electrons. The molecule has 2 aliphatic heterocycles. The van der Waals surface area contributed by atoms with Crippen LogP contribution in [-0.2, 0) is 11.2 Å². The van der Waals surface area contributed by atoms with Gasteiger partial charge in [-0.1, -0.05) is 43.2 Å². The molecule has 1 fully saturated rings. The van der Waals surface area contributed by atoms with Crippen molar-refractivity contribution in [2.45, 2.75) is 45.1 Å². The van der Waals surface area contributed by atoms with Crippen LogP contribution in [0.2, 0.25) is 5.02 Å². The first kappa shape index (κ1) is 24.1. The Kier molecular flexibility index (Phi) is 6.68. The molecule has 0 saturated heterocycles. The number of ether oxygens (including phenoxy) is 1. The largest absolute Gasteiger partial charge is 0.494 e. The van der Waals surface area contributed by atoms with E-state index < -0.39 is 0 Å². The van der Waals surface area contributed by atoms with Gasteiger partial charge in [-0.3, -0.25) is 9.80 Å². The number of nitrogens with one attached hydrogen (secondary N) is 1.